The Hall–Kier alpha value is -3.76. The molecule has 2 heterocycles. The fourth-order valence-corrected chi connectivity index (χ4v) is 3.70. The zero-order valence-corrected chi connectivity index (χ0v) is 22.8. The first-order chi connectivity index (χ1) is 18.6. The first-order valence-electron chi connectivity index (χ1n) is 12.9. The van der Waals surface area contributed by atoms with Crippen LogP contribution in [0.25, 0.3) is 0 Å². The molecule has 0 bridgehead atoms. The zero-order chi connectivity index (χ0) is 28.4. The molecule has 3 N–H and O–H groups in total. The minimum absolute atomic E-state index is 0.200. The third kappa shape index (κ3) is 9.19. The number of aryl methyl sites for hydroxylation is 1. The quantitative estimate of drug-likeness (QED) is 0.367. The first-order valence-corrected chi connectivity index (χ1v) is 12.9. The number of methoxy groups -OCH3 is 1. The van der Waals surface area contributed by atoms with Crippen molar-refractivity contribution in [1.82, 2.24) is 16.0 Å². The summed E-state index contributed by atoms with van der Waals surface area (Å²) in [5, 5.41) is 7.77. The van der Waals surface area contributed by atoms with Crippen LogP contribution in [0.4, 0.5) is 0 Å². The molecule has 3 atom stereocenters. The average Bonchev–Trinajstić information content (AvgIpc) is 3.65. The number of epoxide rings is 1. The van der Waals surface area contributed by atoms with Crippen LogP contribution in [0, 0.1) is 12.8 Å². The van der Waals surface area contributed by atoms with Gasteiger partial charge in [-0.3, -0.25) is 19.2 Å². The second-order valence-corrected chi connectivity index (χ2v) is 9.89. The number of nitrogens with one attached hydrogen (secondary N) is 3. The fraction of sp³-hybridized carbons (Fsp3) is 0.448. The summed E-state index contributed by atoms with van der Waals surface area (Å²) in [5.74, 6) is -0.746. The highest BCUT2D eigenvalue weighted by atomic mass is 16.6. The second kappa shape index (κ2) is 13.9. The Morgan fingerprint density at radius 3 is 2.21 bits per heavy atom. The van der Waals surface area contributed by atoms with Crippen molar-refractivity contribution in [1.29, 1.82) is 0 Å². The molecule has 0 aromatic heterocycles. The molecule has 10 heteroatoms. The third-order valence-corrected chi connectivity index (χ3v) is 6.47. The Bertz CT molecular complexity index is 1130. The molecule has 0 saturated carbocycles. The molecule has 0 spiro atoms. The summed E-state index contributed by atoms with van der Waals surface area (Å²) in [6, 6.07) is 15.8. The Morgan fingerprint density at radius 1 is 1.03 bits per heavy atom. The number of ether oxygens (including phenoxy) is 3. The van der Waals surface area contributed by atoms with Crippen LogP contribution < -0.4 is 20.7 Å². The molecule has 0 aliphatic carbocycles. The van der Waals surface area contributed by atoms with Gasteiger partial charge in [-0.15, -0.1) is 0 Å². The van der Waals surface area contributed by atoms with E-state index in [1.54, 1.807) is 14.0 Å². The average molecular weight is 540 g/mol. The van der Waals surface area contributed by atoms with E-state index >= 15 is 0 Å². The van der Waals surface area contributed by atoms with Gasteiger partial charge in [-0.1, -0.05) is 48.0 Å². The molecule has 10 nitrogen and oxygen atoms in total. The largest absolute Gasteiger partial charge is 0.497 e. The molecular formula is C29H37N3O7. The Labute approximate surface area is 228 Å². The summed E-state index contributed by atoms with van der Waals surface area (Å²) in [7, 11) is 1.67. The maximum Gasteiger partial charge on any atom is 0.242 e. The van der Waals surface area contributed by atoms with Crippen LogP contribution in [-0.4, -0.2) is 74.7 Å². The van der Waals surface area contributed by atoms with Crippen LogP contribution in [0.3, 0.4) is 0 Å². The molecule has 3 amide bonds. The molecule has 2 unspecified atom stereocenters. The van der Waals surface area contributed by atoms with E-state index in [9.17, 15) is 19.2 Å². The lowest BCUT2D eigenvalue weighted by atomic mass is 9.95. The lowest BCUT2D eigenvalue weighted by Crippen LogP contribution is -2.53. The smallest absolute Gasteiger partial charge is 0.242 e. The molecule has 2 aliphatic rings. The summed E-state index contributed by atoms with van der Waals surface area (Å²) in [4.78, 5) is 49.2. The molecule has 2 aromatic carbocycles. The monoisotopic (exact) mass is 539 g/mol. The van der Waals surface area contributed by atoms with Gasteiger partial charge < -0.3 is 30.2 Å². The maximum atomic E-state index is 12.7. The van der Waals surface area contributed by atoms with Crippen molar-refractivity contribution in [3.05, 3.63) is 65.7 Å². The Balaban J connectivity index is 0.000000395. The van der Waals surface area contributed by atoms with Gasteiger partial charge in [-0.25, -0.2) is 0 Å². The van der Waals surface area contributed by atoms with Gasteiger partial charge >= 0.3 is 0 Å². The number of hydrogen-bond donors (Lipinski definition) is 3. The summed E-state index contributed by atoms with van der Waals surface area (Å²) < 4.78 is 15.2. The summed E-state index contributed by atoms with van der Waals surface area (Å²) in [6.45, 7) is 6.01. The van der Waals surface area contributed by atoms with E-state index in [0.29, 0.717) is 26.2 Å². The van der Waals surface area contributed by atoms with E-state index in [1.165, 1.54) is 12.5 Å². The maximum absolute atomic E-state index is 12.7. The summed E-state index contributed by atoms with van der Waals surface area (Å²) in [6.07, 6.45) is 0.328. The minimum Gasteiger partial charge on any atom is -0.497 e. The van der Waals surface area contributed by atoms with E-state index in [4.69, 9.17) is 14.2 Å². The van der Waals surface area contributed by atoms with Gasteiger partial charge in [0.2, 0.25) is 17.7 Å². The van der Waals surface area contributed by atoms with Crippen molar-refractivity contribution < 1.29 is 33.4 Å². The third-order valence-electron chi connectivity index (χ3n) is 6.47. The van der Waals surface area contributed by atoms with Gasteiger partial charge in [0, 0.05) is 0 Å². The topological polar surface area (TPSA) is 135 Å². The van der Waals surface area contributed by atoms with Crippen molar-refractivity contribution in [3.8, 4) is 5.75 Å². The molecule has 4 rings (SSSR count). The Kier molecular flexibility index (Phi) is 10.6. The van der Waals surface area contributed by atoms with Crippen LogP contribution in [0.2, 0.25) is 0 Å². The SMILES string of the molecule is CC(NC(=O)C1COC1)C(=O)NCC(=O)NC(Cc1ccccc1)C(=O)[C@@]1(C)CO1.COc1ccc(C)cc1. The number of hydrogen-bond acceptors (Lipinski definition) is 7. The molecule has 210 valence electrons. The van der Waals surface area contributed by atoms with Gasteiger partial charge in [0.05, 0.1) is 45.4 Å². The van der Waals surface area contributed by atoms with Crippen molar-refractivity contribution in [2.24, 2.45) is 5.92 Å². The number of ketones is 1. The fourth-order valence-electron chi connectivity index (χ4n) is 3.70. The van der Waals surface area contributed by atoms with E-state index in [1.807, 2.05) is 54.6 Å². The number of amides is 3. The zero-order valence-electron chi connectivity index (χ0n) is 22.8. The number of carbonyl (C=O) groups is 4. The highest BCUT2D eigenvalue weighted by molar-refractivity contribution is 5.97. The normalized spacial score (nSPS) is 19.2. The highest BCUT2D eigenvalue weighted by Crippen LogP contribution is 2.29. The lowest BCUT2D eigenvalue weighted by molar-refractivity contribution is -0.141. The number of benzene rings is 2. The van der Waals surface area contributed by atoms with Crippen LogP contribution >= 0.6 is 0 Å². The molecule has 0 radical (unpaired) electrons. The van der Waals surface area contributed by atoms with Crippen LogP contribution in [0.5, 0.6) is 5.75 Å². The van der Waals surface area contributed by atoms with Crippen molar-refractivity contribution in [2.75, 3.05) is 33.5 Å². The number of Topliss-reactive ketones (excluding diaryl/α,β-unsaturated/α-hetero) is 1. The van der Waals surface area contributed by atoms with Crippen molar-refractivity contribution in [2.45, 2.75) is 44.9 Å². The van der Waals surface area contributed by atoms with E-state index in [2.05, 4.69) is 22.9 Å². The molecule has 2 aromatic rings. The minimum atomic E-state index is -0.875. The van der Waals surface area contributed by atoms with E-state index in [0.717, 1.165) is 11.3 Å². The number of rotatable bonds is 11. The van der Waals surface area contributed by atoms with Crippen molar-refractivity contribution in [3.63, 3.8) is 0 Å². The second-order valence-electron chi connectivity index (χ2n) is 9.89. The summed E-state index contributed by atoms with van der Waals surface area (Å²) >= 11 is 0. The molecular weight excluding hydrogens is 502 g/mol. The van der Waals surface area contributed by atoms with Crippen LogP contribution in [0.15, 0.2) is 54.6 Å². The summed E-state index contributed by atoms with van der Waals surface area (Å²) in [5.41, 5.74) is 1.29. The molecule has 2 saturated heterocycles. The van der Waals surface area contributed by atoms with E-state index < -0.39 is 29.5 Å². The van der Waals surface area contributed by atoms with Crippen LogP contribution in [0.1, 0.15) is 25.0 Å². The van der Waals surface area contributed by atoms with E-state index in [-0.39, 0.29) is 24.2 Å². The first kappa shape index (κ1) is 29.8. The van der Waals surface area contributed by atoms with Gasteiger partial charge in [0.1, 0.15) is 17.4 Å². The van der Waals surface area contributed by atoms with Gasteiger partial charge in [-0.2, -0.15) is 0 Å². The predicted molar refractivity (Wildman–Crippen MR) is 144 cm³/mol. The number of carbonyl (C=O) groups excluding carboxylic acids is 4. The molecule has 2 fully saturated rings. The van der Waals surface area contributed by atoms with Gasteiger partial charge in [0.25, 0.3) is 0 Å². The van der Waals surface area contributed by atoms with Gasteiger partial charge in [0.15, 0.2) is 5.78 Å². The lowest BCUT2D eigenvalue weighted by Gasteiger charge is -2.26. The molecule has 39 heavy (non-hydrogen) atoms. The van der Waals surface area contributed by atoms with Gasteiger partial charge in [-0.05, 0) is 44.9 Å². The Morgan fingerprint density at radius 2 is 1.67 bits per heavy atom. The van der Waals surface area contributed by atoms with Crippen molar-refractivity contribution >= 4 is 23.5 Å². The standard InChI is InChI=1S/C21H27N3O6.C8H10O/c1-13(23-20(28)15-10-29-11-15)19(27)22-9-17(25)24-16(18(26)21(2)12-30-21)8-14-6-4-3-5-7-14;1-7-3-5-8(9-2)6-4-7/h3-7,13,15-16H,8-12H2,1-2H3,(H,22,27)(H,23,28)(H,24,25);3-6H,1-2H3/t13?,16?,21-;/m1./s1. The van der Waals surface area contributed by atoms with Crippen LogP contribution in [-0.2, 0) is 35.1 Å². The highest BCUT2D eigenvalue weighted by Gasteiger charge is 2.50. The predicted octanol–water partition coefficient (Wildman–Crippen LogP) is 1.34. The molecule has 2 aliphatic heterocycles.